The summed E-state index contributed by atoms with van der Waals surface area (Å²) >= 11 is 5.84. The van der Waals surface area contributed by atoms with Crippen LogP contribution in [0.1, 0.15) is 23.2 Å². The van der Waals surface area contributed by atoms with E-state index in [4.69, 9.17) is 11.6 Å². The summed E-state index contributed by atoms with van der Waals surface area (Å²) in [5, 5.41) is 11.7. The Kier molecular flexibility index (Phi) is 4.99. The van der Waals surface area contributed by atoms with Crippen LogP contribution >= 0.6 is 11.6 Å². The number of anilines is 1. The van der Waals surface area contributed by atoms with Crippen molar-refractivity contribution in [3.8, 4) is 0 Å². The lowest BCUT2D eigenvalue weighted by molar-refractivity contribution is -0.384. The fraction of sp³-hybridized carbons (Fsp3) is 0.278. The van der Waals surface area contributed by atoms with Crippen LogP contribution in [0.25, 0.3) is 0 Å². The molecule has 3 rings (SSSR count). The van der Waals surface area contributed by atoms with E-state index in [1.165, 1.54) is 12.1 Å². The normalized spacial score (nSPS) is 15.2. The Bertz CT molecular complexity index is 802. The number of hydrogen-bond acceptors (Lipinski definition) is 4. The SMILES string of the molecule is O=C(c1ccc(Cl)cc1)C1CCN(c2ccc(F)cc2[N+](=O)[O-])CC1. The van der Waals surface area contributed by atoms with Crippen molar-refractivity contribution in [3.63, 3.8) is 0 Å². The minimum atomic E-state index is -0.636. The van der Waals surface area contributed by atoms with Crippen molar-refractivity contribution in [2.24, 2.45) is 5.92 Å². The van der Waals surface area contributed by atoms with Crippen LogP contribution in [0.3, 0.4) is 0 Å². The molecule has 0 unspecified atom stereocenters. The topological polar surface area (TPSA) is 63.5 Å². The van der Waals surface area contributed by atoms with Gasteiger partial charge < -0.3 is 4.90 Å². The van der Waals surface area contributed by atoms with E-state index in [1.807, 2.05) is 4.90 Å². The molecule has 7 heteroatoms. The highest BCUT2D eigenvalue weighted by atomic mass is 35.5. The van der Waals surface area contributed by atoms with Gasteiger partial charge in [-0.05, 0) is 49.2 Å². The van der Waals surface area contributed by atoms with Crippen LogP contribution in [0, 0.1) is 21.8 Å². The van der Waals surface area contributed by atoms with Crippen LogP contribution in [-0.2, 0) is 0 Å². The maximum absolute atomic E-state index is 13.3. The first-order valence-corrected chi connectivity index (χ1v) is 8.32. The average molecular weight is 363 g/mol. The first-order chi connectivity index (χ1) is 12.0. The van der Waals surface area contributed by atoms with Crippen LogP contribution in [0.15, 0.2) is 42.5 Å². The largest absolute Gasteiger partial charge is 0.366 e. The number of benzene rings is 2. The lowest BCUT2D eigenvalue weighted by Crippen LogP contribution is -2.36. The van der Waals surface area contributed by atoms with Crippen molar-refractivity contribution >= 4 is 28.8 Å². The zero-order valence-corrected chi connectivity index (χ0v) is 14.1. The van der Waals surface area contributed by atoms with Crippen molar-refractivity contribution in [1.29, 1.82) is 0 Å². The van der Waals surface area contributed by atoms with Crippen LogP contribution in [-0.4, -0.2) is 23.8 Å². The summed E-state index contributed by atoms with van der Waals surface area (Å²) in [5.74, 6) is -0.704. The molecule has 0 aliphatic carbocycles. The Labute approximate surface area is 149 Å². The van der Waals surface area contributed by atoms with Crippen LogP contribution < -0.4 is 4.90 Å². The highest BCUT2D eigenvalue weighted by molar-refractivity contribution is 6.30. The van der Waals surface area contributed by atoms with E-state index in [0.29, 0.717) is 42.2 Å². The summed E-state index contributed by atoms with van der Waals surface area (Å²) in [5.41, 5.74) is 0.766. The Morgan fingerprint density at radius 2 is 1.80 bits per heavy atom. The quantitative estimate of drug-likeness (QED) is 0.457. The lowest BCUT2D eigenvalue weighted by Gasteiger charge is -2.32. The third-order valence-electron chi connectivity index (χ3n) is 4.47. The lowest BCUT2D eigenvalue weighted by atomic mass is 9.88. The standard InChI is InChI=1S/C18H16ClFN2O3/c19-14-3-1-12(2-4-14)18(23)13-7-9-21(10-8-13)16-6-5-15(20)11-17(16)22(24)25/h1-6,11,13H,7-10H2. The maximum atomic E-state index is 13.3. The zero-order valence-electron chi connectivity index (χ0n) is 13.3. The Balaban J connectivity index is 1.71. The second kappa shape index (κ2) is 7.19. The third kappa shape index (κ3) is 3.79. The number of Topliss-reactive ketones (excluding diaryl/α,β-unsaturated/α-hetero) is 1. The van der Waals surface area contributed by atoms with Crippen LogP contribution in [0.2, 0.25) is 5.02 Å². The van der Waals surface area contributed by atoms with Crippen LogP contribution in [0.4, 0.5) is 15.8 Å². The van der Waals surface area contributed by atoms with Gasteiger partial charge in [-0.2, -0.15) is 0 Å². The summed E-state index contributed by atoms with van der Waals surface area (Å²) in [7, 11) is 0. The molecular weight excluding hydrogens is 347 g/mol. The van der Waals surface area contributed by atoms with Gasteiger partial charge in [0.25, 0.3) is 5.69 Å². The molecule has 1 heterocycles. The minimum Gasteiger partial charge on any atom is -0.366 e. The molecule has 0 amide bonds. The number of ketones is 1. The number of nitro benzene ring substituents is 1. The molecule has 1 aliphatic heterocycles. The van der Waals surface area contributed by atoms with Gasteiger partial charge in [0.15, 0.2) is 5.78 Å². The predicted octanol–water partition coefficient (Wildman–Crippen LogP) is 4.49. The first kappa shape index (κ1) is 17.4. The van der Waals surface area contributed by atoms with Gasteiger partial charge >= 0.3 is 0 Å². The molecule has 1 fully saturated rings. The predicted molar refractivity (Wildman–Crippen MR) is 93.8 cm³/mol. The molecule has 0 spiro atoms. The number of nitrogens with zero attached hydrogens (tertiary/aromatic N) is 2. The number of carbonyl (C=O) groups is 1. The first-order valence-electron chi connectivity index (χ1n) is 7.94. The smallest absolute Gasteiger partial charge is 0.295 e. The molecule has 2 aromatic carbocycles. The molecule has 0 radical (unpaired) electrons. The number of rotatable bonds is 4. The van der Waals surface area contributed by atoms with Crippen molar-refractivity contribution in [2.75, 3.05) is 18.0 Å². The van der Waals surface area contributed by atoms with Gasteiger partial charge in [0.05, 0.1) is 11.0 Å². The maximum Gasteiger partial charge on any atom is 0.295 e. The van der Waals surface area contributed by atoms with E-state index >= 15 is 0 Å². The summed E-state index contributed by atoms with van der Waals surface area (Å²) < 4.78 is 13.3. The van der Waals surface area contributed by atoms with Crippen molar-refractivity contribution < 1.29 is 14.1 Å². The van der Waals surface area contributed by atoms with E-state index < -0.39 is 10.7 Å². The van der Waals surface area contributed by atoms with E-state index in [0.717, 1.165) is 6.07 Å². The highest BCUT2D eigenvalue weighted by Gasteiger charge is 2.29. The number of hydrogen-bond donors (Lipinski definition) is 0. The highest BCUT2D eigenvalue weighted by Crippen LogP contribution is 2.33. The number of nitro groups is 1. The zero-order chi connectivity index (χ0) is 18.0. The molecule has 0 bridgehead atoms. The Morgan fingerprint density at radius 1 is 1.16 bits per heavy atom. The summed E-state index contributed by atoms with van der Waals surface area (Å²) in [4.78, 5) is 25.0. The summed E-state index contributed by atoms with van der Waals surface area (Å²) in [6, 6.07) is 10.4. The molecule has 130 valence electrons. The molecule has 5 nitrogen and oxygen atoms in total. The van der Waals surface area contributed by atoms with Gasteiger partial charge in [0.1, 0.15) is 11.5 Å². The molecule has 0 saturated carbocycles. The molecule has 1 saturated heterocycles. The van der Waals surface area contributed by atoms with Gasteiger partial charge in [-0.15, -0.1) is 0 Å². The monoisotopic (exact) mass is 362 g/mol. The summed E-state index contributed by atoms with van der Waals surface area (Å²) in [6.07, 6.45) is 1.19. The molecule has 0 aromatic heterocycles. The molecule has 1 aliphatic rings. The average Bonchev–Trinajstić information content (AvgIpc) is 2.62. The van der Waals surface area contributed by atoms with E-state index in [2.05, 4.69) is 0 Å². The van der Waals surface area contributed by atoms with Gasteiger partial charge in [0.2, 0.25) is 0 Å². The molecular formula is C18H16ClFN2O3. The summed E-state index contributed by atoms with van der Waals surface area (Å²) in [6.45, 7) is 1.02. The fourth-order valence-corrected chi connectivity index (χ4v) is 3.27. The third-order valence-corrected chi connectivity index (χ3v) is 4.72. The second-order valence-corrected chi connectivity index (χ2v) is 6.46. The molecule has 2 aromatic rings. The molecule has 0 N–H and O–H groups in total. The number of carbonyl (C=O) groups excluding carboxylic acids is 1. The molecule has 25 heavy (non-hydrogen) atoms. The number of halogens is 2. The Hall–Kier alpha value is -2.47. The van der Waals surface area contributed by atoms with Gasteiger partial charge in [0, 0.05) is 29.6 Å². The molecule has 0 atom stereocenters. The van der Waals surface area contributed by atoms with Crippen LogP contribution in [0.5, 0.6) is 0 Å². The fourth-order valence-electron chi connectivity index (χ4n) is 3.14. The van der Waals surface area contributed by atoms with Gasteiger partial charge in [-0.1, -0.05) is 11.6 Å². The van der Waals surface area contributed by atoms with E-state index in [-0.39, 0.29) is 17.4 Å². The van der Waals surface area contributed by atoms with E-state index in [1.54, 1.807) is 24.3 Å². The van der Waals surface area contributed by atoms with Gasteiger partial charge in [-0.25, -0.2) is 4.39 Å². The second-order valence-electron chi connectivity index (χ2n) is 6.02. The van der Waals surface area contributed by atoms with Crippen molar-refractivity contribution in [1.82, 2.24) is 0 Å². The Morgan fingerprint density at radius 3 is 2.40 bits per heavy atom. The number of piperidine rings is 1. The van der Waals surface area contributed by atoms with Crippen molar-refractivity contribution in [3.05, 3.63) is 69.0 Å². The van der Waals surface area contributed by atoms with Crippen molar-refractivity contribution in [2.45, 2.75) is 12.8 Å². The van der Waals surface area contributed by atoms with Gasteiger partial charge in [-0.3, -0.25) is 14.9 Å². The minimum absolute atomic E-state index is 0.0601. The van der Waals surface area contributed by atoms with E-state index in [9.17, 15) is 19.3 Å².